The number of hydrogen-bond acceptors (Lipinski definition) is 4. The maximum Gasteiger partial charge on any atom is 0.332 e. The maximum atomic E-state index is 12.3. The summed E-state index contributed by atoms with van der Waals surface area (Å²) in [5.41, 5.74) is 1.55. The monoisotopic (exact) mass is 377 g/mol. The van der Waals surface area contributed by atoms with E-state index in [-0.39, 0.29) is 18.0 Å². The van der Waals surface area contributed by atoms with Gasteiger partial charge in [0.1, 0.15) is 6.10 Å². The van der Waals surface area contributed by atoms with Gasteiger partial charge in [-0.05, 0) is 51.3 Å². The number of urea groups is 1. The molecule has 1 aromatic carbocycles. The molecule has 1 aromatic rings. The van der Waals surface area contributed by atoms with Crippen molar-refractivity contribution < 1.29 is 24.2 Å². The Balaban J connectivity index is 1.90. The minimum atomic E-state index is -1.04. The van der Waals surface area contributed by atoms with Gasteiger partial charge in [0, 0.05) is 18.8 Å². The van der Waals surface area contributed by atoms with Crippen LogP contribution < -0.4 is 10.6 Å². The van der Waals surface area contributed by atoms with Crippen LogP contribution in [0.2, 0.25) is 0 Å². The van der Waals surface area contributed by atoms with Crippen LogP contribution in [0.15, 0.2) is 24.3 Å². The van der Waals surface area contributed by atoms with Gasteiger partial charge in [-0.2, -0.15) is 0 Å². The molecule has 0 spiro atoms. The first kappa shape index (κ1) is 20.7. The summed E-state index contributed by atoms with van der Waals surface area (Å²) in [4.78, 5) is 36.9. The minimum absolute atomic E-state index is 0.152. The van der Waals surface area contributed by atoms with Gasteiger partial charge >= 0.3 is 12.0 Å². The predicted octanol–water partition coefficient (Wildman–Crippen LogP) is 2.37. The molecule has 1 aliphatic rings. The highest BCUT2D eigenvalue weighted by atomic mass is 16.5. The van der Waals surface area contributed by atoms with E-state index in [1.54, 1.807) is 17.0 Å². The number of hydrogen-bond donors (Lipinski definition) is 3. The molecule has 1 fully saturated rings. The number of nitrogens with one attached hydrogen (secondary N) is 2. The van der Waals surface area contributed by atoms with Gasteiger partial charge in [-0.3, -0.25) is 4.79 Å². The Labute approximate surface area is 158 Å². The van der Waals surface area contributed by atoms with Crippen molar-refractivity contribution in [2.75, 3.05) is 18.4 Å². The topological polar surface area (TPSA) is 108 Å². The molecule has 3 amide bonds. The first-order chi connectivity index (χ1) is 12.8. The third kappa shape index (κ3) is 5.43. The molecule has 148 valence electrons. The summed E-state index contributed by atoms with van der Waals surface area (Å²) in [5.74, 6) is -1.36. The summed E-state index contributed by atoms with van der Waals surface area (Å²) in [7, 11) is 0. The molecule has 27 heavy (non-hydrogen) atoms. The smallest absolute Gasteiger partial charge is 0.332 e. The minimum Gasteiger partial charge on any atom is -0.479 e. The van der Waals surface area contributed by atoms with Gasteiger partial charge < -0.3 is 25.4 Å². The molecular weight excluding hydrogens is 350 g/mol. The van der Waals surface area contributed by atoms with Crippen LogP contribution in [0.5, 0.6) is 0 Å². The zero-order valence-corrected chi connectivity index (χ0v) is 15.9. The van der Waals surface area contributed by atoms with Crippen LogP contribution in [0, 0.1) is 0 Å². The van der Waals surface area contributed by atoms with E-state index in [1.165, 1.54) is 0 Å². The molecule has 1 saturated heterocycles. The van der Waals surface area contributed by atoms with Crippen LogP contribution in [0.1, 0.15) is 45.2 Å². The Morgan fingerprint density at radius 1 is 1.15 bits per heavy atom. The number of carbonyl (C=O) groups is 3. The highest BCUT2D eigenvalue weighted by molar-refractivity contribution is 5.89. The molecule has 0 aliphatic carbocycles. The Bertz CT molecular complexity index is 672. The van der Waals surface area contributed by atoms with Crippen molar-refractivity contribution in [3.8, 4) is 0 Å². The molecule has 1 unspecified atom stereocenters. The molecule has 8 nitrogen and oxygen atoms in total. The number of carbonyl (C=O) groups excluding carboxylic acids is 2. The molecule has 3 atom stereocenters. The Kier molecular flexibility index (Phi) is 7.18. The van der Waals surface area contributed by atoms with Crippen molar-refractivity contribution in [1.82, 2.24) is 10.2 Å². The number of anilines is 1. The molecule has 1 aliphatic heterocycles. The summed E-state index contributed by atoms with van der Waals surface area (Å²) in [6.07, 6.45) is -0.917. The van der Waals surface area contributed by atoms with Crippen LogP contribution in [-0.2, 0) is 14.3 Å². The first-order valence-electron chi connectivity index (χ1n) is 9.20. The Morgan fingerprint density at radius 3 is 2.26 bits per heavy atom. The number of carboxylic acid groups (broad SMARTS) is 1. The SMILES string of the molecule is CCN(CC)C(=O)Nc1ccc(C(C)NC(=O)[C@@H]2CC[C@H](C(=O)O)O2)cc1. The lowest BCUT2D eigenvalue weighted by molar-refractivity contribution is -0.151. The van der Waals surface area contributed by atoms with Gasteiger partial charge in [0.05, 0.1) is 6.04 Å². The van der Waals surface area contributed by atoms with Crippen molar-refractivity contribution >= 4 is 23.6 Å². The predicted molar refractivity (Wildman–Crippen MR) is 100 cm³/mol. The second kappa shape index (κ2) is 9.36. The van der Waals surface area contributed by atoms with E-state index in [4.69, 9.17) is 9.84 Å². The maximum absolute atomic E-state index is 12.3. The molecule has 0 saturated carbocycles. The van der Waals surface area contributed by atoms with E-state index in [0.717, 1.165) is 5.56 Å². The van der Waals surface area contributed by atoms with Crippen LogP contribution in [0.25, 0.3) is 0 Å². The average molecular weight is 377 g/mol. The summed E-state index contributed by atoms with van der Waals surface area (Å²) in [6, 6.07) is 6.81. The first-order valence-corrected chi connectivity index (χ1v) is 9.20. The normalized spacial score (nSPS) is 20.0. The highest BCUT2D eigenvalue weighted by Gasteiger charge is 2.35. The van der Waals surface area contributed by atoms with Gasteiger partial charge in [-0.1, -0.05) is 12.1 Å². The fourth-order valence-electron chi connectivity index (χ4n) is 2.97. The quantitative estimate of drug-likeness (QED) is 0.676. The standard InChI is InChI=1S/C19H27N3O5/c1-4-22(5-2)19(26)21-14-8-6-13(7-9-14)12(3)20-17(23)15-10-11-16(27-15)18(24)25/h6-9,12,15-16H,4-5,10-11H2,1-3H3,(H,20,23)(H,21,26)(H,24,25)/t12?,15-,16+/m0/s1. The number of benzene rings is 1. The summed E-state index contributed by atoms with van der Waals surface area (Å²) >= 11 is 0. The second-order valence-electron chi connectivity index (χ2n) is 6.48. The van der Waals surface area contributed by atoms with E-state index >= 15 is 0 Å². The zero-order chi connectivity index (χ0) is 20.0. The second-order valence-corrected chi connectivity index (χ2v) is 6.48. The van der Waals surface area contributed by atoms with E-state index in [2.05, 4.69) is 10.6 Å². The largest absolute Gasteiger partial charge is 0.479 e. The van der Waals surface area contributed by atoms with Gasteiger partial charge in [0.2, 0.25) is 5.91 Å². The van der Waals surface area contributed by atoms with Gasteiger partial charge in [-0.15, -0.1) is 0 Å². The van der Waals surface area contributed by atoms with Crippen LogP contribution in [0.3, 0.4) is 0 Å². The Morgan fingerprint density at radius 2 is 1.74 bits per heavy atom. The summed E-state index contributed by atoms with van der Waals surface area (Å²) in [6.45, 7) is 6.95. The lowest BCUT2D eigenvalue weighted by Crippen LogP contribution is -2.37. The molecule has 0 radical (unpaired) electrons. The molecule has 0 bridgehead atoms. The van der Waals surface area contributed by atoms with Crippen molar-refractivity contribution in [2.45, 2.75) is 51.9 Å². The third-order valence-electron chi connectivity index (χ3n) is 4.66. The van der Waals surface area contributed by atoms with Crippen LogP contribution in [0.4, 0.5) is 10.5 Å². The number of aliphatic carboxylic acids is 1. The molecular formula is C19H27N3O5. The molecule has 8 heteroatoms. The summed E-state index contributed by atoms with van der Waals surface area (Å²) < 4.78 is 5.26. The zero-order valence-electron chi connectivity index (χ0n) is 15.9. The number of ether oxygens (including phenoxy) is 1. The van der Waals surface area contributed by atoms with Crippen LogP contribution >= 0.6 is 0 Å². The fraction of sp³-hybridized carbons (Fsp3) is 0.526. The van der Waals surface area contributed by atoms with Gasteiger partial charge in [-0.25, -0.2) is 9.59 Å². The number of amides is 3. The van der Waals surface area contributed by atoms with E-state index in [0.29, 0.717) is 31.6 Å². The average Bonchev–Trinajstić information content (AvgIpc) is 3.14. The fourth-order valence-corrected chi connectivity index (χ4v) is 2.97. The molecule has 1 heterocycles. The molecule has 2 rings (SSSR count). The van der Waals surface area contributed by atoms with E-state index < -0.39 is 18.2 Å². The van der Waals surface area contributed by atoms with Gasteiger partial charge in [0.25, 0.3) is 0 Å². The third-order valence-corrected chi connectivity index (χ3v) is 4.66. The van der Waals surface area contributed by atoms with Crippen molar-refractivity contribution in [2.24, 2.45) is 0 Å². The lowest BCUT2D eigenvalue weighted by Gasteiger charge is -2.20. The van der Waals surface area contributed by atoms with E-state index in [9.17, 15) is 14.4 Å². The van der Waals surface area contributed by atoms with Crippen molar-refractivity contribution in [3.63, 3.8) is 0 Å². The van der Waals surface area contributed by atoms with Crippen LogP contribution in [-0.4, -0.2) is 53.2 Å². The number of nitrogens with zero attached hydrogens (tertiary/aromatic N) is 1. The van der Waals surface area contributed by atoms with E-state index in [1.807, 2.05) is 32.9 Å². The molecule has 3 N–H and O–H groups in total. The Hall–Kier alpha value is -2.61. The highest BCUT2D eigenvalue weighted by Crippen LogP contribution is 2.22. The van der Waals surface area contributed by atoms with Crippen molar-refractivity contribution in [3.05, 3.63) is 29.8 Å². The lowest BCUT2D eigenvalue weighted by atomic mass is 10.1. The molecule has 0 aromatic heterocycles. The number of rotatable bonds is 7. The van der Waals surface area contributed by atoms with Gasteiger partial charge in [0.15, 0.2) is 6.10 Å². The van der Waals surface area contributed by atoms with Crippen molar-refractivity contribution in [1.29, 1.82) is 0 Å². The summed E-state index contributed by atoms with van der Waals surface area (Å²) in [5, 5.41) is 14.6. The number of carboxylic acids is 1.